The first-order valence-corrected chi connectivity index (χ1v) is 4.40. The molecule has 0 bridgehead atoms. The largest absolute Gasteiger partial charge is 0.416 e. The molecule has 0 aliphatic heterocycles. The Hall–Kier alpha value is -1.17. The molecule has 0 saturated heterocycles. The van der Waals surface area contributed by atoms with Crippen molar-refractivity contribution in [3.8, 4) is 0 Å². The average molecular weight is 240 g/mol. The Labute approximate surface area is 88.5 Å². The Morgan fingerprint density at radius 3 is 1.81 bits per heavy atom. The molecule has 0 spiro atoms. The highest BCUT2D eigenvalue weighted by atomic mass is 19.4. The lowest BCUT2D eigenvalue weighted by molar-refractivity contribution is -0.149. The summed E-state index contributed by atoms with van der Waals surface area (Å²) in [4.78, 5) is 0. The van der Waals surface area contributed by atoms with Crippen LogP contribution in [0.4, 0.5) is 22.0 Å². The second kappa shape index (κ2) is 4.01. The van der Waals surface area contributed by atoms with E-state index >= 15 is 0 Å². The van der Waals surface area contributed by atoms with E-state index in [2.05, 4.69) is 0 Å². The number of hydrogen-bond donors (Lipinski definition) is 1. The van der Waals surface area contributed by atoms with Crippen LogP contribution in [0.15, 0.2) is 24.3 Å². The van der Waals surface area contributed by atoms with Crippen LogP contribution in [0.5, 0.6) is 0 Å². The lowest BCUT2D eigenvalue weighted by Gasteiger charge is -2.23. The van der Waals surface area contributed by atoms with Crippen LogP contribution in [0.1, 0.15) is 18.1 Å². The van der Waals surface area contributed by atoms with Crippen LogP contribution < -0.4 is 0 Å². The Morgan fingerprint density at radius 2 is 1.44 bits per heavy atom. The lowest BCUT2D eigenvalue weighted by Crippen LogP contribution is -2.30. The topological polar surface area (TPSA) is 20.2 Å². The van der Waals surface area contributed by atoms with Crippen LogP contribution in [-0.2, 0) is 12.1 Å². The molecule has 0 saturated carbocycles. The molecular formula is C10H9F5O. The van der Waals surface area contributed by atoms with Gasteiger partial charge in [-0.3, -0.25) is 0 Å². The fourth-order valence-corrected chi connectivity index (χ4v) is 1.25. The molecule has 0 radical (unpaired) electrons. The molecule has 1 atom stereocenters. The van der Waals surface area contributed by atoms with Crippen LogP contribution in [-0.4, -0.2) is 11.2 Å². The second-order valence-electron chi connectivity index (χ2n) is 3.34. The van der Waals surface area contributed by atoms with Crippen molar-refractivity contribution in [2.24, 2.45) is 0 Å². The Morgan fingerprint density at radius 1 is 1.00 bits per heavy atom. The highest BCUT2D eigenvalue weighted by Gasteiger charge is 2.45. The molecule has 0 fully saturated rings. The van der Waals surface area contributed by atoms with Gasteiger partial charge in [0, 0.05) is 5.56 Å². The third-order valence-corrected chi connectivity index (χ3v) is 2.12. The minimum absolute atomic E-state index is 0.561. The lowest BCUT2D eigenvalue weighted by atomic mass is 9.98. The van der Waals surface area contributed by atoms with Gasteiger partial charge in [0.2, 0.25) is 0 Å². The van der Waals surface area contributed by atoms with Crippen molar-refractivity contribution in [3.63, 3.8) is 0 Å². The maximum atomic E-state index is 13.3. The summed E-state index contributed by atoms with van der Waals surface area (Å²) >= 11 is 0. The zero-order valence-electron chi connectivity index (χ0n) is 8.22. The first kappa shape index (κ1) is 12.9. The summed E-state index contributed by atoms with van der Waals surface area (Å²) in [7, 11) is 0. The summed E-state index contributed by atoms with van der Waals surface area (Å²) < 4.78 is 63.9. The molecule has 0 aliphatic rings. The van der Waals surface area contributed by atoms with Gasteiger partial charge in [-0.2, -0.15) is 22.0 Å². The summed E-state index contributed by atoms with van der Waals surface area (Å²) in [6.45, 7) is 0.743. The van der Waals surface area contributed by atoms with Crippen LogP contribution in [0.3, 0.4) is 0 Å². The first-order valence-electron chi connectivity index (χ1n) is 4.40. The molecule has 1 aromatic rings. The quantitative estimate of drug-likeness (QED) is 0.787. The third kappa shape index (κ3) is 2.32. The molecule has 1 nitrogen and oxygen atoms in total. The maximum Gasteiger partial charge on any atom is 0.416 e. The average Bonchev–Trinajstić information content (AvgIpc) is 2.16. The van der Waals surface area contributed by atoms with Gasteiger partial charge in [-0.1, -0.05) is 18.2 Å². The van der Waals surface area contributed by atoms with Gasteiger partial charge in [-0.05, 0) is 13.0 Å². The van der Waals surface area contributed by atoms with Crippen molar-refractivity contribution in [3.05, 3.63) is 35.4 Å². The van der Waals surface area contributed by atoms with Crippen molar-refractivity contribution in [2.75, 3.05) is 0 Å². The standard InChI is InChI=1S/C10H9F5O/c1-6(16)9(11,12)7-4-2-3-5-8(7)10(13,14)15/h2-6,16H,1H3. The monoisotopic (exact) mass is 240 g/mol. The first-order chi connectivity index (χ1) is 7.17. The predicted molar refractivity (Wildman–Crippen MR) is 47.0 cm³/mol. The van der Waals surface area contributed by atoms with Gasteiger partial charge in [0.1, 0.15) is 6.10 Å². The SMILES string of the molecule is CC(O)C(F)(F)c1ccccc1C(F)(F)F. The van der Waals surface area contributed by atoms with E-state index in [0.29, 0.717) is 12.1 Å². The van der Waals surface area contributed by atoms with E-state index < -0.39 is 29.3 Å². The van der Waals surface area contributed by atoms with Crippen molar-refractivity contribution < 1.29 is 27.1 Å². The van der Waals surface area contributed by atoms with Crippen LogP contribution >= 0.6 is 0 Å². The van der Waals surface area contributed by atoms with Crippen LogP contribution in [0.2, 0.25) is 0 Å². The minimum Gasteiger partial charge on any atom is -0.387 e. The molecule has 1 N–H and O–H groups in total. The predicted octanol–water partition coefficient (Wildman–Crippen LogP) is 3.18. The summed E-state index contributed by atoms with van der Waals surface area (Å²) in [6.07, 6.45) is -7.05. The number of aliphatic hydroxyl groups excluding tert-OH is 1. The van der Waals surface area contributed by atoms with Crippen molar-refractivity contribution >= 4 is 0 Å². The van der Waals surface area contributed by atoms with E-state index in [1.165, 1.54) is 0 Å². The van der Waals surface area contributed by atoms with Crippen LogP contribution in [0, 0.1) is 0 Å². The summed E-state index contributed by atoms with van der Waals surface area (Å²) in [5.41, 5.74) is -2.64. The van der Waals surface area contributed by atoms with E-state index in [9.17, 15) is 22.0 Å². The van der Waals surface area contributed by atoms with E-state index in [0.717, 1.165) is 19.1 Å². The fraction of sp³-hybridized carbons (Fsp3) is 0.400. The van der Waals surface area contributed by atoms with E-state index in [4.69, 9.17) is 5.11 Å². The molecule has 90 valence electrons. The van der Waals surface area contributed by atoms with Gasteiger partial charge in [-0.15, -0.1) is 0 Å². The number of halogens is 5. The van der Waals surface area contributed by atoms with Gasteiger partial charge >= 0.3 is 6.18 Å². The molecular weight excluding hydrogens is 231 g/mol. The molecule has 0 heterocycles. The summed E-state index contributed by atoms with van der Waals surface area (Å²) in [6, 6.07) is 3.31. The van der Waals surface area contributed by atoms with Crippen molar-refractivity contribution in [2.45, 2.75) is 25.1 Å². The molecule has 0 aromatic heterocycles. The Balaban J connectivity index is 3.35. The van der Waals surface area contributed by atoms with Gasteiger partial charge in [0.25, 0.3) is 5.92 Å². The third-order valence-electron chi connectivity index (χ3n) is 2.12. The number of aliphatic hydroxyl groups is 1. The van der Waals surface area contributed by atoms with Gasteiger partial charge in [0.15, 0.2) is 0 Å². The Bertz CT molecular complexity index is 370. The second-order valence-corrected chi connectivity index (χ2v) is 3.34. The minimum atomic E-state index is -4.87. The normalized spacial score (nSPS) is 14.9. The highest BCUT2D eigenvalue weighted by Crippen LogP contribution is 2.40. The number of rotatable bonds is 2. The van der Waals surface area contributed by atoms with E-state index in [1.54, 1.807) is 0 Å². The number of alkyl halides is 5. The maximum absolute atomic E-state index is 13.3. The smallest absolute Gasteiger partial charge is 0.387 e. The molecule has 1 aromatic carbocycles. The molecule has 1 unspecified atom stereocenters. The van der Waals surface area contributed by atoms with Crippen molar-refractivity contribution in [1.82, 2.24) is 0 Å². The zero-order chi connectivity index (χ0) is 12.6. The highest BCUT2D eigenvalue weighted by molar-refractivity contribution is 5.33. The molecule has 0 amide bonds. The van der Waals surface area contributed by atoms with Crippen LogP contribution in [0.25, 0.3) is 0 Å². The van der Waals surface area contributed by atoms with Gasteiger partial charge < -0.3 is 5.11 Å². The number of hydrogen-bond acceptors (Lipinski definition) is 1. The zero-order valence-corrected chi connectivity index (χ0v) is 8.22. The Kier molecular flexibility index (Phi) is 3.23. The summed E-state index contributed by atoms with van der Waals surface area (Å²) in [5, 5.41) is 8.81. The van der Waals surface area contributed by atoms with Crippen molar-refractivity contribution in [1.29, 1.82) is 0 Å². The fourth-order valence-electron chi connectivity index (χ4n) is 1.25. The molecule has 6 heteroatoms. The van der Waals surface area contributed by atoms with E-state index in [-0.39, 0.29) is 0 Å². The van der Waals surface area contributed by atoms with Gasteiger partial charge in [0.05, 0.1) is 5.56 Å². The number of benzene rings is 1. The van der Waals surface area contributed by atoms with Gasteiger partial charge in [-0.25, -0.2) is 0 Å². The molecule has 1 rings (SSSR count). The summed E-state index contributed by atoms with van der Waals surface area (Å²) in [5.74, 6) is -3.92. The molecule has 0 aliphatic carbocycles. The van der Waals surface area contributed by atoms with E-state index in [1.807, 2.05) is 0 Å². The molecule has 16 heavy (non-hydrogen) atoms.